The average Bonchev–Trinajstić information content (AvgIpc) is 3.38. The monoisotopic (exact) mass is 415 g/mol. The van der Waals surface area contributed by atoms with Gasteiger partial charge in [-0.15, -0.1) is 11.3 Å². The van der Waals surface area contributed by atoms with Crippen LogP contribution in [-0.4, -0.2) is 26.6 Å². The third-order valence-corrected chi connectivity index (χ3v) is 5.87. The van der Waals surface area contributed by atoms with Gasteiger partial charge in [-0.3, -0.25) is 4.57 Å². The summed E-state index contributed by atoms with van der Waals surface area (Å²) < 4.78 is 7.65. The van der Waals surface area contributed by atoms with Crippen LogP contribution in [0.3, 0.4) is 0 Å². The SMILES string of the molecule is CCc1nc2sccc2n1-c1nc(NCc2ccccc2)c2cccc(OC)c2n1. The summed E-state index contributed by atoms with van der Waals surface area (Å²) >= 11 is 1.63. The molecule has 0 spiro atoms. The van der Waals surface area contributed by atoms with Crippen molar-refractivity contribution in [2.45, 2.75) is 19.9 Å². The molecule has 7 heteroatoms. The van der Waals surface area contributed by atoms with Crippen LogP contribution in [0, 0.1) is 0 Å². The third kappa shape index (κ3) is 3.17. The first-order valence-corrected chi connectivity index (χ1v) is 10.7. The van der Waals surface area contributed by atoms with E-state index in [1.165, 1.54) is 5.56 Å². The molecule has 0 aliphatic carbocycles. The maximum atomic E-state index is 5.61. The predicted octanol–water partition coefficient (Wildman–Crippen LogP) is 5.21. The van der Waals surface area contributed by atoms with Gasteiger partial charge in [-0.25, -0.2) is 9.97 Å². The van der Waals surface area contributed by atoms with Gasteiger partial charge < -0.3 is 10.1 Å². The molecule has 0 radical (unpaired) electrons. The lowest BCUT2D eigenvalue weighted by atomic mass is 10.2. The van der Waals surface area contributed by atoms with Crippen LogP contribution < -0.4 is 10.1 Å². The Labute approximate surface area is 178 Å². The molecule has 0 saturated carbocycles. The summed E-state index contributed by atoms with van der Waals surface area (Å²) in [7, 11) is 1.67. The number of methoxy groups -OCH3 is 1. The summed E-state index contributed by atoms with van der Waals surface area (Å²) in [5, 5.41) is 6.47. The van der Waals surface area contributed by atoms with Crippen LogP contribution in [0.1, 0.15) is 18.3 Å². The summed E-state index contributed by atoms with van der Waals surface area (Å²) in [6, 6.07) is 18.3. The van der Waals surface area contributed by atoms with Gasteiger partial charge in [-0.2, -0.15) is 4.98 Å². The molecule has 0 unspecified atom stereocenters. The van der Waals surface area contributed by atoms with Crippen LogP contribution in [0.15, 0.2) is 60.0 Å². The Kier molecular flexibility index (Phi) is 4.80. The summed E-state index contributed by atoms with van der Waals surface area (Å²) in [5.74, 6) is 3.04. The van der Waals surface area contributed by atoms with Gasteiger partial charge in [0, 0.05) is 18.4 Å². The molecule has 6 nitrogen and oxygen atoms in total. The number of thiophene rings is 1. The van der Waals surface area contributed by atoms with Crippen molar-refractivity contribution in [2.24, 2.45) is 0 Å². The lowest BCUT2D eigenvalue weighted by Gasteiger charge is -2.14. The van der Waals surface area contributed by atoms with Gasteiger partial charge in [0.15, 0.2) is 0 Å². The molecular formula is C23H21N5OS. The Bertz CT molecular complexity index is 1330. The molecule has 150 valence electrons. The zero-order valence-corrected chi connectivity index (χ0v) is 17.6. The van der Waals surface area contributed by atoms with Crippen LogP contribution in [0.2, 0.25) is 0 Å². The Morgan fingerprint density at radius 1 is 1.00 bits per heavy atom. The molecule has 0 aliphatic heterocycles. The van der Waals surface area contributed by atoms with E-state index in [2.05, 4.69) is 30.4 Å². The normalized spacial score (nSPS) is 11.3. The molecule has 0 amide bonds. The van der Waals surface area contributed by atoms with E-state index >= 15 is 0 Å². The first-order valence-electron chi connectivity index (χ1n) is 9.86. The molecule has 5 aromatic rings. The minimum Gasteiger partial charge on any atom is -0.494 e. The molecule has 2 aromatic carbocycles. The van der Waals surface area contributed by atoms with Crippen molar-refractivity contribution in [1.82, 2.24) is 19.5 Å². The van der Waals surface area contributed by atoms with Crippen molar-refractivity contribution in [3.8, 4) is 11.7 Å². The number of hydrogen-bond donors (Lipinski definition) is 1. The molecule has 3 aromatic heterocycles. The van der Waals surface area contributed by atoms with Gasteiger partial charge in [-0.05, 0) is 29.1 Å². The van der Waals surface area contributed by atoms with Crippen LogP contribution in [0.5, 0.6) is 5.75 Å². The molecule has 3 heterocycles. The number of benzene rings is 2. The van der Waals surface area contributed by atoms with Crippen molar-refractivity contribution in [2.75, 3.05) is 12.4 Å². The zero-order chi connectivity index (χ0) is 20.5. The van der Waals surface area contributed by atoms with Crippen molar-refractivity contribution in [3.63, 3.8) is 0 Å². The summed E-state index contributed by atoms with van der Waals surface area (Å²) in [5.41, 5.74) is 2.99. The fourth-order valence-corrected chi connectivity index (χ4v) is 4.37. The molecular weight excluding hydrogens is 394 g/mol. The van der Waals surface area contributed by atoms with Crippen LogP contribution in [-0.2, 0) is 13.0 Å². The second kappa shape index (κ2) is 7.76. The van der Waals surface area contributed by atoms with E-state index in [1.807, 2.05) is 46.3 Å². The number of ether oxygens (including phenoxy) is 1. The van der Waals surface area contributed by atoms with E-state index in [1.54, 1.807) is 18.4 Å². The van der Waals surface area contributed by atoms with E-state index in [-0.39, 0.29) is 0 Å². The van der Waals surface area contributed by atoms with Crippen molar-refractivity contribution >= 4 is 38.4 Å². The van der Waals surface area contributed by atoms with E-state index in [4.69, 9.17) is 19.7 Å². The topological polar surface area (TPSA) is 64.9 Å². The fourth-order valence-electron chi connectivity index (χ4n) is 3.61. The van der Waals surface area contributed by atoms with Gasteiger partial charge in [0.2, 0.25) is 5.95 Å². The van der Waals surface area contributed by atoms with Crippen molar-refractivity contribution < 1.29 is 4.74 Å². The van der Waals surface area contributed by atoms with Gasteiger partial charge >= 0.3 is 0 Å². The van der Waals surface area contributed by atoms with Crippen LogP contribution >= 0.6 is 11.3 Å². The molecule has 30 heavy (non-hydrogen) atoms. The van der Waals surface area contributed by atoms with Gasteiger partial charge in [-0.1, -0.05) is 43.3 Å². The number of anilines is 1. The van der Waals surface area contributed by atoms with E-state index in [0.29, 0.717) is 12.5 Å². The smallest absolute Gasteiger partial charge is 0.238 e. The summed E-state index contributed by atoms with van der Waals surface area (Å²) in [6.07, 6.45) is 0.793. The number of aryl methyl sites for hydroxylation is 1. The highest BCUT2D eigenvalue weighted by atomic mass is 32.1. The minimum absolute atomic E-state index is 0.598. The van der Waals surface area contributed by atoms with E-state index in [0.717, 1.165) is 45.1 Å². The average molecular weight is 416 g/mol. The number of fused-ring (bicyclic) bond motifs is 2. The lowest BCUT2D eigenvalue weighted by molar-refractivity contribution is 0.419. The van der Waals surface area contributed by atoms with Gasteiger partial charge in [0.25, 0.3) is 0 Å². The molecule has 1 N–H and O–H groups in total. The second-order valence-electron chi connectivity index (χ2n) is 6.90. The maximum Gasteiger partial charge on any atom is 0.238 e. The summed E-state index contributed by atoms with van der Waals surface area (Å²) in [6.45, 7) is 2.76. The Morgan fingerprint density at radius 2 is 1.87 bits per heavy atom. The van der Waals surface area contributed by atoms with E-state index < -0.39 is 0 Å². The van der Waals surface area contributed by atoms with Crippen molar-refractivity contribution in [3.05, 3.63) is 71.4 Å². The quantitative estimate of drug-likeness (QED) is 0.412. The number of nitrogens with zero attached hydrogens (tertiary/aromatic N) is 4. The molecule has 0 atom stereocenters. The third-order valence-electron chi connectivity index (χ3n) is 5.07. The number of aromatic nitrogens is 4. The largest absolute Gasteiger partial charge is 0.494 e. The number of nitrogens with one attached hydrogen (secondary N) is 1. The first kappa shape index (κ1) is 18.6. The first-order chi connectivity index (χ1) is 14.8. The fraction of sp³-hybridized carbons (Fsp3) is 0.174. The minimum atomic E-state index is 0.598. The highest BCUT2D eigenvalue weighted by Gasteiger charge is 2.18. The standard InChI is InChI=1S/C23H21N5OS/c1-3-19-25-22-17(12-13-30-22)28(19)23-26-20-16(10-7-11-18(20)29-2)21(27-23)24-14-15-8-5-4-6-9-15/h4-13H,3,14H2,1-2H3,(H,24,26,27). The highest BCUT2D eigenvalue weighted by Crippen LogP contribution is 2.31. The van der Waals surface area contributed by atoms with Gasteiger partial charge in [0.05, 0.1) is 12.6 Å². The maximum absolute atomic E-state index is 5.61. The number of rotatable bonds is 6. The Hall–Kier alpha value is -3.45. The number of para-hydroxylation sites is 1. The van der Waals surface area contributed by atoms with E-state index in [9.17, 15) is 0 Å². The van der Waals surface area contributed by atoms with Gasteiger partial charge in [0.1, 0.15) is 27.7 Å². The molecule has 0 saturated heterocycles. The van der Waals surface area contributed by atoms with Crippen LogP contribution in [0.4, 0.5) is 5.82 Å². The molecule has 0 aliphatic rings. The predicted molar refractivity (Wildman–Crippen MR) is 122 cm³/mol. The molecule has 0 bridgehead atoms. The number of imidazole rings is 1. The molecule has 0 fully saturated rings. The van der Waals surface area contributed by atoms with Crippen LogP contribution in [0.25, 0.3) is 27.2 Å². The number of hydrogen-bond acceptors (Lipinski definition) is 6. The Morgan fingerprint density at radius 3 is 2.67 bits per heavy atom. The summed E-state index contributed by atoms with van der Waals surface area (Å²) in [4.78, 5) is 15.6. The second-order valence-corrected chi connectivity index (χ2v) is 7.79. The lowest BCUT2D eigenvalue weighted by Crippen LogP contribution is -2.10. The highest BCUT2D eigenvalue weighted by molar-refractivity contribution is 7.16. The zero-order valence-electron chi connectivity index (χ0n) is 16.8. The Balaban J connectivity index is 1.69. The van der Waals surface area contributed by atoms with Crippen molar-refractivity contribution in [1.29, 1.82) is 0 Å². The molecule has 5 rings (SSSR count).